The quantitative estimate of drug-likeness (QED) is 0.523. The molecule has 0 rings (SSSR count). The van der Waals surface area contributed by atoms with Crippen molar-refractivity contribution in [1.29, 1.82) is 0 Å². The zero-order valence-corrected chi connectivity index (χ0v) is 7.87. The van der Waals surface area contributed by atoms with E-state index in [1.807, 2.05) is 0 Å². The average molecular weight is 241 g/mol. The standard InChI is InChI=1S/C8H8BrF3/c1-6(5-9)3-4-7(2)8(10,11)12/h3-4H,1-2,5H2/b4-3-. The van der Waals surface area contributed by atoms with Gasteiger partial charge in [-0.2, -0.15) is 13.2 Å². The SMILES string of the molecule is C=C(/C=C\C(=C)C(F)(F)F)CBr. The normalized spacial score (nSPS) is 12.0. The number of rotatable bonds is 3. The van der Waals surface area contributed by atoms with Crippen LogP contribution in [0.15, 0.2) is 36.5 Å². The third-order valence-corrected chi connectivity index (χ3v) is 1.78. The highest BCUT2D eigenvalue weighted by Crippen LogP contribution is 2.24. The number of allylic oxidation sites excluding steroid dienone is 4. The molecule has 0 aliphatic heterocycles. The van der Waals surface area contributed by atoms with E-state index in [-0.39, 0.29) is 0 Å². The highest BCUT2D eigenvalue weighted by Gasteiger charge is 2.29. The molecular formula is C8H8BrF3. The second-order valence-electron chi connectivity index (χ2n) is 2.15. The third-order valence-electron chi connectivity index (χ3n) is 1.06. The summed E-state index contributed by atoms with van der Waals surface area (Å²) in [7, 11) is 0. The highest BCUT2D eigenvalue weighted by molar-refractivity contribution is 9.09. The number of alkyl halides is 4. The fourth-order valence-electron chi connectivity index (χ4n) is 0.357. The van der Waals surface area contributed by atoms with Crippen molar-refractivity contribution in [2.45, 2.75) is 6.18 Å². The third kappa shape index (κ3) is 4.38. The van der Waals surface area contributed by atoms with Crippen molar-refractivity contribution in [3.63, 3.8) is 0 Å². The highest BCUT2D eigenvalue weighted by atomic mass is 79.9. The zero-order chi connectivity index (χ0) is 9.78. The maximum atomic E-state index is 11.8. The fourth-order valence-corrected chi connectivity index (χ4v) is 0.544. The second-order valence-corrected chi connectivity index (χ2v) is 2.71. The Bertz CT molecular complexity index is 213. The summed E-state index contributed by atoms with van der Waals surface area (Å²) in [5, 5.41) is 0.453. The van der Waals surface area contributed by atoms with Crippen LogP contribution in [0.25, 0.3) is 0 Å². The Balaban J connectivity index is 4.19. The molecule has 0 fully saturated rings. The first-order valence-electron chi connectivity index (χ1n) is 3.06. The monoisotopic (exact) mass is 240 g/mol. The Hall–Kier alpha value is -0.510. The van der Waals surface area contributed by atoms with Gasteiger partial charge < -0.3 is 0 Å². The number of hydrogen-bond acceptors (Lipinski definition) is 0. The van der Waals surface area contributed by atoms with Crippen molar-refractivity contribution >= 4 is 15.9 Å². The maximum absolute atomic E-state index is 11.8. The van der Waals surface area contributed by atoms with Crippen LogP contribution in [-0.4, -0.2) is 11.5 Å². The largest absolute Gasteiger partial charge is 0.415 e. The van der Waals surface area contributed by atoms with E-state index in [0.29, 0.717) is 10.9 Å². The van der Waals surface area contributed by atoms with E-state index >= 15 is 0 Å². The molecule has 0 saturated carbocycles. The van der Waals surface area contributed by atoms with E-state index in [2.05, 4.69) is 29.1 Å². The van der Waals surface area contributed by atoms with Gasteiger partial charge >= 0.3 is 6.18 Å². The van der Waals surface area contributed by atoms with Gasteiger partial charge in [0.2, 0.25) is 0 Å². The summed E-state index contributed by atoms with van der Waals surface area (Å²) in [5.41, 5.74) is -0.301. The van der Waals surface area contributed by atoms with Crippen molar-refractivity contribution in [1.82, 2.24) is 0 Å². The van der Waals surface area contributed by atoms with Crippen molar-refractivity contribution in [3.05, 3.63) is 36.5 Å². The Morgan fingerprint density at radius 2 is 1.75 bits per heavy atom. The van der Waals surface area contributed by atoms with Crippen molar-refractivity contribution in [2.75, 3.05) is 5.33 Å². The topological polar surface area (TPSA) is 0 Å². The van der Waals surface area contributed by atoms with Gasteiger partial charge in [0, 0.05) is 10.9 Å². The first-order chi connectivity index (χ1) is 5.38. The van der Waals surface area contributed by atoms with Crippen molar-refractivity contribution in [3.8, 4) is 0 Å². The maximum Gasteiger partial charge on any atom is 0.415 e. The van der Waals surface area contributed by atoms with Crippen LogP contribution in [0.4, 0.5) is 13.2 Å². The molecule has 0 nitrogen and oxygen atoms in total. The molecule has 0 radical (unpaired) electrons. The van der Waals surface area contributed by atoms with Crippen LogP contribution in [0, 0.1) is 0 Å². The minimum Gasteiger partial charge on any atom is -0.166 e. The second kappa shape index (κ2) is 4.50. The van der Waals surface area contributed by atoms with Gasteiger partial charge in [-0.15, -0.1) is 0 Å². The van der Waals surface area contributed by atoms with E-state index in [9.17, 15) is 13.2 Å². The van der Waals surface area contributed by atoms with Gasteiger partial charge in [-0.3, -0.25) is 0 Å². The smallest absolute Gasteiger partial charge is 0.166 e. The van der Waals surface area contributed by atoms with E-state index in [1.165, 1.54) is 6.08 Å². The predicted molar refractivity (Wildman–Crippen MR) is 47.3 cm³/mol. The molecule has 0 unspecified atom stereocenters. The lowest BCUT2D eigenvalue weighted by atomic mass is 10.2. The van der Waals surface area contributed by atoms with Crippen LogP contribution in [-0.2, 0) is 0 Å². The van der Waals surface area contributed by atoms with E-state index in [4.69, 9.17) is 0 Å². The molecule has 4 heteroatoms. The molecule has 0 aromatic rings. The predicted octanol–water partition coefficient (Wildman–Crippen LogP) is 3.61. The summed E-state index contributed by atoms with van der Waals surface area (Å²) in [6, 6.07) is 0. The Labute approximate surface area is 77.6 Å². The first-order valence-corrected chi connectivity index (χ1v) is 4.18. The molecule has 0 atom stereocenters. The summed E-state index contributed by atoms with van der Waals surface area (Å²) in [4.78, 5) is 0. The lowest BCUT2D eigenvalue weighted by Crippen LogP contribution is -2.08. The van der Waals surface area contributed by atoms with E-state index in [0.717, 1.165) is 6.08 Å². The van der Waals surface area contributed by atoms with Gasteiger partial charge in [0.25, 0.3) is 0 Å². The zero-order valence-electron chi connectivity index (χ0n) is 6.29. The Morgan fingerprint density at radius 3 is 2.08 bits per heavy atom. The molecule has 0 spiro atoms. The fraction of sp³-hybridized carbons (Fsp3) is 0.250. The molecule has 68 valence electrons. The van der Waals surface area contributed by atoms with E-state index < -0.39 is 11.7 Å². The van der Waals surface area contributed by atoms with Crippen LogP contribution in [0.3, 0.4) is 0 Å². The van der Waals surface area contributed by atoms with Crippen LogP contribution in [0.5, 0.6) is 0 Å². The number of halogens is 4. The lowest BCUT2D eigenvalue weighted by Gasteiger charge is -2.04. The molecule has 0 aromatic heterocycles. The summed E-state index contributed by atoms with van der Waals surface area (Å²) in [6.07, 6.45) is -2.16. The van der Waals surface area contributed by atoms with Gasteiger partial charge in [0.15, 0.2) is 0 Å². The van der Waals surface area contributed by atoms with Crippen molar-refractivity contribution in [2.24, 2.45) is 0 Å². The average Bonchev–Trinajstić information content (AvgIpc) is 1.97. The Kier molecular flexibility index (Phi) is 4.31. The molecular weight excluding hydrogens is 233 g/mol. The van der Waals surface area contributed by atoms with Gasteiger partial charge in [-0.1, -0.05) is 41.2 Å². The molecule has 0 saturated heterocycles. The summed E-state index contributed by atoms with van der Waals surface area (Å²) >= 11 is 3.05. The molecule has 0 amide bonds. The minimum atomic E-state index is -4.34. The molecule has 0 bridgehead atoms. The molecule has 0 aromatic carbocycles. The molecule has 0 heterocycles. The molecule has 12 heavy (non-hydrogen) atoms. The summed E-state index contributed by atoms with van der Waals surface area (Å²) in [6.45, 7) is 6.35. The molecule has 0 aliphatic rings. The van der Waals surface area contributed by atoms with E-state index in [1.54, 1.807) is 0 Å². The Morgan fingerprint density at radius 1 is 1.25 bits per heavy atom. The van der Waals surface area contributed by atoms with Gasteiger partial charge in [0.1, 0.15) is 0 Å². The van der Waals surface area contributed by atoms with Gasteiger partial charge in [-0.05, 0) is 5.57 Å². The molecule has 0 aliphatic carbocycles. The number of hydrogen-bond donors (Lipinski definition) is 0. The van der Waals surface area contributed by atoms with Crippen molar-refractivity contribution < 1.29 is 13.2 Å². The first kappa shape index (κ1) is 11.5. The summed E-state index contributed by atoms with van der Waals surface area (Å²) < 4.78 is 35.4. The van der Waals surface area contributed by atoms with Gasteiger partial charge in [-0.25, -0.2) is 0 Å². The van der Waals surface area contributed by atoms with Crippen LogP contribution < -0.4 is 0 Å². The molecule has 0 N–H and O–H groups in total. The van der Waals surface area contributed by atoms with Crippen LogP contribution >= 0.6 is 15.9 Å². The lowest BCUT2D eigenvalue weighted by molar-refractivity contribution is -0.0878. The van der Waals surface area contributed by atoms with Crippen LogP contribution in [0.2, 0.25) is 0 Å². The summed E-state index contributed by atoms with van der Waals surface area (Å²) in [5.74, 6) is 0. The minimum absolute atomic E-state index is 0.453. The van der Waals surface area contributed by atoms with Gasteiger partial charge in [0.05, 0.1) is 0 Å². The van der Waals surface area contributed by atoms with Crippen LogP contribution in [0.1, 0.15) is 0 Å².